The van der Waals surface area contributed by atoms with Crippen molar-refractivity contribution in [2.45, 2.75) is 124 Å². The molecule has 0 N–H and O–H groups in total. The second-order valence-corrected chi connectivity index (χ2v) is 12.3. The SMILES string of the molecule is C=C(CCC(=C)C(C)CCC(C)C(C/C=C1/C[C@@H](S)CCC1(C)C)CCCC)C(C)C. The molecular formula is C30H54S. The molecule has 0 spiro atoms. The van der Waals surface area contributed by atoms with Crippen LogP contribution in [0.4, 0.5) is 0 Å². The van der Waals surface area contributed by atoms with Gasteiger partial charge in [0.15, 0.2) is 0 Å². The highest BCUT2D eigenvalue weighted by Gasteiger charge is 2.30. The van der Waals surface area contributed by atoms with E-state index >= 15 is 0 Å². The third-order valence-electron chi connectivity index (χ3n) is 8.16. The molecule has 0 heterocycles. The van der Waals surface area contributed by atoms with E-state index in [0.29, 0.717) is 22.5 Å². The molecule has 1 fully saturated rings. The van der Waals surface area contributed by atoms with Gasteiger partial charge in [-0.15, -0.1) is 0 Å². The van der Waals surface area contributed by atoms with Crippen molar-refractivity contribution in [1.82, 2.24) is 0 Å². The second-order valence-electron chi connectivity index (χ2n) is 11.6. The zero-order chi connectivity index (χ0) is 23.6. The molecule has 0 aliphatic heterocycles. The fourth-order valence-corrected chi connectivity index (χ4v) is 5.21. The summed E-state index contributed by atoms with van der Waals surface area (Å²) in [6, 6.07) is 0. The van der Waals surface area contributed by atoms with Gasteiger partial charge in [-0.3, -0.25) is 0 Å². The van der Waals surface area contributed by atoms with Crippen LogP contribution in [0.5, 0.6) is 0 Å². The lowest BCUT2D eigenvalue weighted by molar-refractivity contribution is 0.291. The first kappa shape index (κ1) is 28.6. The Bertz CT molecular complexity index is 579. The maximum atomic E-state index is 4.80. The van der Waals surface area contributed by atoms with Crippen LogP contribution in [0.1, 0.15) is 119 Å². The Labute approximate surface area is 201 Å². The number of hydrogen-bond acceptors (Lipinski definition) is 1. The monoisotopic (exact) mass is 446 g/mol. The van der Waals surface area contributed by atoms with Crippen molar-refractivity contribution in [3.8, 4) is 0 Å². The van der Waals surface area contributed by atoms with E-state index in [1.165, 1.54) is 68.9 Å². The van der Waals surface area contributed by atoms with Gasteiger partial charge in [0.05, 0.1) is 0 Å². The summed E-state index contributed by atoms with van der Waals surface area (Å²) in [5, 5.41) is 0.560. The van der Waals surface area contributed by atoms with Crippen LogP contribution in [-0.2, 0) is 0 Å². The fourth-order valence-electron chi connectivity index (χ4n) is 4.88. The lowest BCUT2D eigenvalue weighted by Gasteiger charge is -2.36. The van der Waals surface area contributed by atoms with Crippen molar-refractivity contribution in [2.24, 2.45) is 29.1 Å². The Hall–Kier alpha value is -0.430. The largest absolute Gasteiger partial charge is 0.176 e. The zero-order valence-electron chi connectivity index (χ0n) is 22.1. The highest BCUT2D eigenvalue weighted by Crippen LogP contribution is 2.42. The molecule has 1 saturated carbocycles. The van der Waals surface area contributed by atoms with Crippen molar-refractivity contribution in [3.05, 3.63) is 36.0 Å². The maximum absolute atomic E-state index is 4.80. The van der Waals surface area contributed by atoms with Crippen LogP contribution in [0.3, 0.4) is 0 Å². The lowest BCUT2D eigenvalue weighted by atomic mass is 9.71. The Kier molecular flexibility index (Phi) is 12.9. The molecule has 0 aromatic carbocycles. The van der Waals surface area contributed by atoms with Gasteiger partial charge < -0.3 is 0 Å². The molecular weight excluding hydrogens is 392 g/mol. The summed E-state index contributed by atoms with van der Waals surface area (Å²) in [5.74, 6) is 2.80. The molecule has 3 unspecified atom stereocenters. The Morgan fingerprint density at radius 3 is 2.32 bits per heavy atom. The summed E-state index contributed by atoms with van der Waals surface area (Å²) in [4.78, 5) is 0. The van der Waals surface area contributed by atoms with Crippen molar-refractivity contribution in [2.75, 3.05) is 0 Å². The first-order chi connectivity index (χ1) is 14.5. The van der Waals surface area contributed by atoms with Crippen LogP contribution < -0.4 is 0 Å². The Balaban J connectivity index is 2.63. The molecule has 4 atom stereocenters. The first-order valence-corrected chi connectivity index (χ1v) is 13.7. The lowest BCUT2D eigenvalue weighted by Crippen LogP contribution is -2.25. The minimum atomic E-state index is 0.365. The third-order valence-corrected chi connectivity index (χ3v) is 8.60. The predicted molar refractivity (Wildman–Crippen MR) is 146 cm³/mol. The molecule has 0 amide bonds. The van der Waals surface area contributed by atoms with Gasteiger partial charge in [0.25, 0.3) is 0 Å². The Morgan fingerprint density at radius 2 is 1.71 bits per heavy atom. The van der Waals surface area contributed by atoms with E-state index in [2.05, 4.69) is 67.7 Å². The minimum Gasteiger partial charge on any atom is -0.176 e. The van der Waals surface area contributed by atoms with Gasteiger partial charge >= 0.3 is 0 Å². The average Bonchev–Trinajstić information content (AvgIpc) is 2.71. The quantitative estimate of drug-likeness (QED) is 0.199. The van der Waals surface area contributed by atoms with E-state index < -0.39 is 0 Å². The second kappa shape index (κ2) is 14.0. The number of hydrogen-bond donors (Lipinski definition) is 1. The van der Waals surface area contributed by atoms with Crippen LogP contribution >= 0.6 is 12.6 Å². The smallest absolute Gasteiger partial charge is 0.00544 e. The molecule has 0 aromatic rings. The van der Waals surface area contributed by atoms with Gasteiger partial charge in [0.2, 0.25) is 0 Å². The Morgan fingerprint density at radius 1 is 1.06 bits per heavy atom. The highest BCUT2D eigenvalue weighted by atomic mass is 32.1. The maximum Gasteiger partial charge on any atom is 0.00544 e. The van der Waals surface area contributed by atoms with Crippen molar-refractivity contribution in [3.63, 3.8) is 0 Å². The molecule has 0 saturated heterocycles. The summed E-state index contributed by atoms with van der Waals surface area (Å²) >= 11 is 4.80. The van der Waals surface area contributed by atoms with Gasteiger partial charge in [0.1, 0.15) is 0 Å². The summed E-state index contributed by atoms with van der Waals surface area (Å²) in [5.41, 5.74) is 4.82. The highest BCUT2D eigenvalue weighted by molar-refractivity contribution is 7.80. The van der Waals surface area contributed by atoms with Gasteiger partial charge in [-0.2, -0.15) is 12.6 Å². The van der Waals surface area contributed by atoms with Crippen LogP contribution in [0.25, 0.3) is 0 Å². The van der Waals surface area contributed by atoms with E-state index in [4.69, 9.17) is 12.6 Å². The standard InChI is InChI=1S/C30H54S/c1-10-11-12-27(17-18-28-21-29(31)19-20-30(28,8)9)26(7)16-15-25(6)24(5)14-13-23(4)22(2)3/h18,22,25-27,29,31H,4-5,10-17,19-21H2,1-3,6-9H3/b28-18-/t25?,26?,27?,29-/m0/s1. The average molecular weight is 447 g/mol. The summed E-state index contributed by atoms with van der Waals surface area (Å²) in [6.07, 6.45) is 16.4. The molecule has 1 aliphatic rings. The molecule has 0 aromatic heterocycles. The number of allylic oxidation sites excluding steroid dienone is 4. The van der Waals surface area contributed by atoms with Crippen LogP contribution in [0.2, 0.25) is 0 Å². The number of rotatable bonds is 14. The van der Waals surface area contributed by atoms with Gasteiger partial charge in [0, 0.05) is 5.25 Å². The molecule has 1 aliphatic carbocycles. The predicted octanol–water partition coefficient (Wildman–Crippen LogP) is 10.2. The van der Waals surface area contributed by atoms with Crippen LogP contribution in [-0.4, -0.2) is 5.25 Å². The van der Waals surface area contributed by atoms with Gasteiger partial charge in [-0.05, 0) is 86.9 Å². The normalized spacial score (nSPS) is 23.0. The summed E-state index contributed by atoms with van der Waals surface area (Å²) < 4.78 is 0. The number of thiol groups is 1. The van der Waals surface area contributed by atoms with E-state index in [0.717, 1.165) is 24.7 Å². The number of unbranched alkanes of at least 4 members (excludes halogenated alkanes) is 1. The first-order valence-electron chi connectivity index (χ1n) is 13.2. The molecule has 1 heteroatoms. The summed E-state index contributed by atoms with van der Waals surface area (Å²) in [6.45, 7) is 25.2. The van der Waals surface area contributed by atoms with Gasteiger partial charge in [-0.25, -0.2) is 0 Å². The molecule has 0 nitrogen and oxygen atoms in total. The van der Waals surface area contributed by atoms with Crippen molar-refractivity contribution in [1.29, 1.82) is 0 Å². The van der Waals surface area contributed by atoms with Crippen molar-refractivity contribution >= 4 is 12.6 Å². The van der Waals surface area contributed by atoms with E-state index in [1.54, 1.807) is 5.57 Å². The topological polar surface area (TPSA) is 0 Å². The van der Waals surface area contributed by atoms with E-state index in [-0.39, 0.29) is 0 Å². The fraction of sp³-hybridized carbons (Fsp3) is 0.800. The molecule has 180 valence electrons. The molecule has 0 radical (unpaired) electrons. The van der Waals surface area contributed by atoms with E-state index in [1.807, 2.05) is 0 Å². The van der Waals surface area contributed by atoms with Crippen molar-refractivity contribution < 1.29 is 0 Å². The van der Waals surface area contributed by atoms with Gasteiger partial charge in [-0.1, -0.05) is 97.3 Å². The van der Waals surface area contributed by atoms with E-state index in [9.17, 15) is 0 Å². The summed E-state index contributed by atoms with van der Waals surface area (Å²) in [7, 11) is 0. The molecule has 0 bridgehead atoms. The van der Waals surface area contributed by atoms with Crippen LogP contribution in [0, 0.1) is 29.1 Å². The molecule has 31 heavy (non-hydrogen) atoms. The third kappa shape index (κ3) is 10.4. The minimum absolute atomic E-state index is 0.365. The van der Waals surface area contributed by atoms with Crippen LogP contribution in [0.15, 0.2) is 36.0 Å². The molecule has 1 rings (SSSR count). The zero-order valence-corrected chi connectivity index (χ0v) is 23.0.